The topological polar surface area (TPSA) is 79.2 Å². The number of hydrogen-bond donors (Lipinski definition) is 1. The van der Waals surface area contributed by atoms with E-state index < -0.39 is 21.1 Å². The second-order valence-electron chi connectivity index (χ2n) is 7.21. The quantitative estimate of drug-likeness (QED) is 0.829. The lowest BCUT2D eigenvalue weighted by molar-refractivity contribution is 0.0653. The van der Waals surface area contributed by atoms with Crippen molar-refractivity contribution in [2.45, 2.75) is 37.5 Å². The van der Waals surface area contributed by atoms with E-state index in [0.29, 0.717) is 25.2 Å². The maximum Gasteiger partial charge on any atom is 0.214 e. The van der Waals surface area contributed by atoms with Gasteiger partial charge < -0.3 is 4.74 Å². The molecule has 0 amide bonds. The van der Waals surface area contributed by atoms with E-state index in [2.05, 4.69) is 4.72 Å². The number of nitriles is 1. The van der Waals surface area contributed by atoms with Gasteiger partial charge in [-0.3, -0.25) is 0 Å². The number of rotatable bonds is 5. The van der Waals surface area contributed by atoms with Crippen LogP contribution in [-0.2, 0) is 14.8 Å². The number of nitrogens with one attached hydrogen (secondary N) is 1. The molecule has 1 heterocycles. The number of halogens is 1. The third-order valence-electron chi connectivity index (χ3n) is 5.04. The zero-order valence-electron chi connectivity index (χ0n) is 15.9. The lowest BCUT2D eigenvalue weighted by Gasteiger charge is -2.33. The molecule has 0 bridgehead atoms. The highest BCUT2D eigenvalue weighted by Crippen LogP contribution is 2.30. The molecule has 1 N–H and O–H groups in total. The highest BCUT2D eigenvalue weighted by molar-refractivity contribution is 7.90. The van der Waals surface area contributed by atoms with Crippen LogP contribution in [0.2, 0.25) is 0 Å². The van der Waals surface area contributed by atoms with Gasteiger partial charge in [-0.05, 0) is 49.1 Å². The Labute approximate surface area is 165 Å². The molecule has 2 aromatic rings. The third kappa shape index (κ3) is 4.41. The maximum absolute atomic E-state index is 13.4. The van der Waals surface area contributed by atoms with Crippen molar-refractivity contribution in [2.24, 2.45) is 0 Å². The van der Waals surface area contributed by atoms with Crippen molar-refractivity contribution in [1.82, 2.24) is 4.72 Å². The minimum atomic E-state index is -3.38. The summed E-state index contributed by atoms with van der Waals surface area (Å²) in [7, 11) is -3.38. The second kappa shape index (κ2) is 8.39. The molecule has 1 aliphatic rings. The van der Waals surface area contributed by atoms with Gasteiger partial charge in [-0.1, -0.05) is 30.3 Å². The summed E-state index contributed by atoms with van der Waals surface area (Å²) in [5.41, 5.74) is 2.69. The Bertz CT molecular complexity index is 982. The summed E-state index contributed by atoms with van der Waals surface area (Å²) < 4.78 is 46.4. The van der Waals surface area contributed by atoms with Gasteiger partial charge in [-0.25, -0.2) is 17.5 Å². The molecular weight excluding hydrogens is 379 g/mol. The van der Waals surface area contributed by atoms with Gasteiger partial charge in [0.2, 0.25) is 10.0 Å². The van der Waals surface area contributed by atoms with Gasteiger partial charge in [0.15, 0.2) is 0 Å². The number of nitrogens with zero attached hydrogens (tertiary/aromatic N) is 1. The van der Waals surface area contributed by atoms with Crippen LogP contribution in [0.15, 0.2) is 42.5 Å². The van der Waals surface area contributed by atoms with Gasteiger partial charge in [0.05, 0.1) is 23.5 Å². The van der Waals surface area contributed by atoms with E-state index in [9.17, 15) is 18.1 Å². The molecule has 0 aromatic heterocycles. The van der Waals surface area contributed by atoms with E-state index in [-0.39, 0.29) is 17.5 Å². The van der Waals surface area contributed by atoms with Gasteiger partial charge >= 0.3 is 0 Å². The smallest absolute Gasteiger partial charge is 0.214 e. The molecule has 5 nitrogen and oxygen atoms in total. The molecule has 3 rings (SSSR count). The molecule has 0 saturated carbocycles. The summed E-state index contributed by atoms with van der Waals surface area (Å²) in [5.74, 6) is -0.545. The predicted octanol–water partition coefficient (Wildman–Crippen LogP) is 3.56. The van der Waals surface area contributed by atoms with Crippen molar-refractivity contribution in [2.75, 3.05) is 13.2 Å². The monoisotopic (exact) mass is 402 g/mol. The first-order valence-corrected chi connectivity index (χ1v) is 10.8. The van der Waals surface area contributed by atoms with Crippen LogP contribution in [0.1, 0.15) is 37.3 Å². The zero-order chi connectivity index (χ0) is 20.3. The molecular formula is C21H23FN2O3S. The minimum absolute atomic E-state index is 0.0972. The van der Waals surface area contributed by atoms with Crippen LogP contribution in [0.4, 0.5) is 4.39 Å². The molecule has 7 heteroatoms. The normalized spacial score (nSPS) is 20.1. The Balaban J connectivity index is 1.86. The number of hydrogen-bond acceptors (Lipinski definition) is 4. The minimum Gasteiger partial charge on any atom is -0.381 e. The molecule has 0 unspecified atom stereocenters. The standard InChI is InChI=1S/C21H23FN2O3S/c1-14(2)28(25,26)24-21-9-10-27-13-20(21)16-5-3-15(4-6-16)19-8-7-18(22)11-17(19)12-23/h3-8,11,14,20-21,24H,9-10,13H2,1-2H3/t20-,21+/m1/s1. The average molecular weight is 402 g/mol. The Morgan fingerprint density at radius 3 is 2.57 bits per heavy atom. The van der Waals surface area contributed by atoms with Crippen LogP contribution in [0.5, 0.6) is 0 Å². The average Bonchev–Trinajstić information content (AvgIpc) is 2.68. The van der Waals surface area contributed by atoms with E-state index in [1.165, 1.54) is 12.1 Å². The van der Waals surface area contributed by atoms with Crippen LogP contribution in [-0.4, -0.2) is 32.9 Å². The van der Waals surface area contributed by atoms with Crippen LogP contribution in [0.25, 0.3) is 11.1 Å². The van der Waals surface area contributed by atoms with E-state index in [1.54, 1.807) is 19.9 Å². The zero-order valence-corrected chi connectivity index (χ0v) is 16.7. The lowest BCUT2D eigenvalue weighted by atomic mass is 9.88. The van der Waals surface area contributed by atoms with Crippen molar-refractivity contribution in [3.63, 3.8) is 0 Å². The fourth-order valence-corrected chi connectivity index (χ4v) is 4.30. The molecule has 2 atom stereocenters. The van der Waals surface area contributed by atoms with Gasteiger partial charge in [-0.15, -0.1) is 0 Å². The Hall–Kier alpha value is -2.27. The highest BCUT2D eigenvalue weighted by atomic mass is 32.2. The third-order valence-corrected chi connectivity index (χ3v) is 6.92. The van der Waals surface area contributed by atoms with Gasteiger partial charge in [0.25, 0.3) is 0 Å². The van der Waals surface area contributed by atoms with E-state index >= 15 is 0 Å². The molecule has 1 saturated heterocycles. The SMILES string of the molecule is CC(C)S(=O)(=O)N[C@H]1CCOC[C@@H]1c1ccc(-c2ccc(F)cc2C#N)cc1. The molecule has 0 radical (unpaired) electrons. The molecule has 1 fully saturated rings. The fourth-order valence-electron chi connectivity index (χ4n) is 3.33. The number of benzene rings is 2. The van der Waals surface area contributed by atoms with Crippen LogP contribution in [0.3, 0.4) is 0 Å². The molecule has 1 aliphatic heterocycles. The van der Waals surface area contributed by atoms with Gasteiger partial charge in [0, 0.05) is 18.6 Å². The first kappa shape index (κ1) is 20.5. The second-order valence-corrected chi connectivity index (χ2v) is 9.48. The van der Waals surface area contributed by atoms with E-state index in [0.717, 1.165) is 11.1 Å². The highest BCUT2D eigenvalue weighted by Gasteiger charge is 2.31. The predicted molar refractivity (Wildman–Crippen MR) is 106 cm³/mol. The van der Waals surface area contributed by atoms with Crippen molar-refractivity contribution >= 4 is 10.0 Å². The molecule has 148 valence electrons. The van der Waals surface area contributed by atoms with Crippen LogP contribution >= 0.6 is 0 Å². The fraction of sp³-hybridized carbons (Fsp3) is 0.381. The molecule has 28 heavy (non-hydrogen) atoms. The largest absolute Gasteiger partial charge is 0.381 e. The van der Waals surface area contributed by atoms with Crippen LogP contribution in [0, 0.1) is 17.1 Å². The maximum atomic E-state index is 13.4. The van der Waals surface area contributed by atoms with Crippen molar-refractivity contribution in [1.29, 1.82) is 5.26 Å². The molecule has 0 spiro atoms. The number of ether oxygens (including phenoxy) is 1. The summed E-state index contributed by atoms with van der Waals surface area (Å²) in [4.78, 5) is 0. The summed E-state index contributed by atoms with van der Waals surface area (Å²) in [5, 5.41) is 8.75. The van der Waals surface area contributed by atoms with Crippen molar-refractivity contribution in [3.05, 3.63) is 59.4 Å². The molecule has 2 aromatic carbocycles. The van der Waals surface area contributed by atoms with E-state index in [1.807, 2.05) is 30.3 Å². The number of sulfonamides is 1. The summed E-state index contributed by atoms with van der Waals surface area (Å²) in [6.07, 6.45) is 0.606. The lowest BCUT2D eigenvalue weighted by Crippen LogP contribution is -2.46. The summed E-state index contributed by atoms with van der Waals surface area (Å²) in [6.45, 7) is 4.26. The first-order valence-electron chi connectivity index (χ1n) is 9.20. The Morgan fingerprint density at radius 1 is 1.21 bits per heavy atom. The first-order chi connectivity index (χ1) is 13.3. The van der Waals surface area contributed by atoms with Gasteiger partial charge in [-0.2, -0.15) is 5.26 Å². The van der Waals surface area contributed by atoms with Crippen LogP contribution < -0.4 is 4.72 Å². The summed E-state index contributed by atoms with van der Waals surface area (Å²) in [6, 6.07) is 13.5. The van der Waals surface area contributed by atoms with Crippen molar-refractivity contribution < 1.29 is 17.5 Å². The summed E-state index contributed by atoms with van der Waals surface area (Å²) >= 11 is 0. The Kier molecular flexibility index (Phi) is 6.14. The van der Waals surface area contributed by atoms with Crippen molar-refractivity contribution in [3.8, 4) is 17.2 Å². The van der Waals surface area contributed by atoms with E-state index in [4.69, 9.17) is 4.74 Å². The molecule has 0 aliphatic carbocycles. The van der Waals surface area contributed by atoms with Gasteiger partial charge in [0.1, 0.15) is 5.82 Å². The Morgan fingerprint density at radius 2 is 1.93 bits per heavy atom.